The van der Waals surface area contributed by atoms with Gasteiger partial charge in [0.25, 0.3) is 0 Å². The second kappa shape index (κ2) is 16.1. The molecule has 0 aliphatic heterocycles. The Balaban J connectivity index is 1.73. The topological polar surface area (TPSA) is 55.4 Å². The lowest BCUT2D eigenvalue weighted by atomic mass is 10.1. The average molecular weight is 547 g/mol. The van der Waals surface area contributed by atoms with E-state index in [0.29, 0.717) is 47.7 Å². The normalized spacial score (nSPS) is 11.2. The Morgan fingerprint density at radius 3 is 1.05 bits per heavy atom. The molecule has 0 unspecified atom stereocenters. The minimum absolute atomic E-state index is 0.624. The van der Waals surface area contributed by atoms with Crippen LogP contribution in [-0.2, 0) is 0 Å². The molecule has 0 radical (unpaired) electrons. The molecule has 6 heteroatoms. The first kappa shape index (κ1) is 30.5. The fourth-order valence-corrected chi connectivity index (χ4v) is 4.02. The van der Waals surface area contributed by atoms with E-state index in [2.05, 4.69) is 50.3 Å². The quantitative estimate of drug-likeness (QED) is 0.133. The highest BCUT2D eigenvalue weighted by atomic mass is 16.5. The van der Waals surface area contributed by atoms with Crippen LogP contribution in [0.4, 0.5) is 0 Å². The fraction of sp³-hybridized carbons (Fsp3) is 0.353. The molecule has 6 nitrogen and oxygen atoms in total. The van der Waals surface area contributed by atoms with Crippen LogP contribution in [0.1, 0.15) is 61.8 Å². The van der Waals surface area contributed by atoms with Crippen molar-refractivity contribution >= 4 is 24.3 Å². The molecule has 0 N–H and O–H groups in total. The molecule has 0 saturated heterocycles. The van der Waals surface area contributed by atoms with Gasteiger partial charge in [-0.05, 0) is 59.4 Å². The van der Waals surface area contributed by atoms with Gasteiger partial charge in [0, 0.05) is 0 Å². The van der Waals surface area contributed by atoms with E-state index in [-0.39, 0.29) is 0 Å². The molecule has 0 aliphatic carbocycles. The Morgan fingerprint density at radius 1 is 0.475 bits per heavy atom. The average Bonchev–Trinajstić information content (AvgIpc) is 2.99. The molecule has 40 heavy (non-hydrogen) atoms. The highest BCUT2D eigenvalue weighted by molar-refractivity contribution is 5.75. The molecule has 0 amide bonds. The summed E-state index contributed by atoms with van der Waals surface area (Å²) in [5.41, 5.74) is 4.08. The summed E-state index contributed by atoms with van der Waals surface area (Å²) < 4.78 is 34.2. The highest BCUT2D eigenvalue weighted by Gasteiger charge is 2.14. The molecule has 0 bridgehead atoms. The summed E-state index contributed by atoms with van der Waals surface area (Å²) in [7, 11) is 6.57. The molecular weight excluding hydrogens is 504 g/mol. The van der Waals surface area contributed by atoms with Crippen LogP contribution >= 0.6 is 0 Å². The Hall–Kier alpha value is -4.06. The highest BCUT2D eigenvalue weighted by Crippen LogP contribution is 2.40. The second-order valence-electron chi connectivity index (χ2n) is 9.25. The molecule has 0 heterocycles. The van der Waals surface area contributed by atoms with Gasteiger partial charge in [-0.2, -0.15) is 0 Å². The van der Waals surface area contributed by atoms with Gasteiger partial charge in [-0.15, -0.1) is 0 Å². The first-order chi connectivity index (χ1) is 19.6. The SMILES string of the molecule is CCCCOc1c(OC)cc(C=Cc2ccc(C=Cc3cc(OC)c(OCCCC)c(OC)c3)cc2)cc1OC. The zero-order chi connectivity index (χ0) is 28.7. The summed E-state index contributed by atoms with van der Waals surface area (Å²) in [5.74, 6) is 3.91. The molecule has 0 atom stereocenters. The van der Waals surface area contributed by atoms with Crippen molar-refractivity contribution in [1.82, 2.24) is 0 Å². The van der Waals surface area contributed by atoms with Crippen molar-refractivity contribution in [2.75, 3.05) is 41.7 Å². The summed E-state index contributed by atoms with van der Waals surface area (Å²) in [6, 6.07) is 16.2. The Kier molecular flexibility index (Phi) is 12.3. The smallest absolute Gasteiger partial charge is 0.203 e. The van der Waals surface area contributed by atoms with Gasteiger partial charge in [0.2, 0.25) is 11.5 Å². The standard InChI is InChI=1S/C34H42O6/c1-7-9-19-39-33-29(35-3)21-27(22-30(33)36-4)17-15-25-11-13-26(14-12-25)16-18-28-23-31(37-5)34(32(24-28)38-6)40-20-10-8-2/h11-18,21-24H,7-10,19-20H2,1-6H3. The van der Waals surface area contributed by atoms with Crippen molar-refractivity contribution in [2.24, 2.45) is 0 Å². The van der Waals surface area contributed by atoms with Crippen molar-refractivity contribution in [3.05, 3.63) is 70.8 Å². The molecule has 0 fully saturated rings. The second-order valence-corrected chi connectivity index (χ2v) is 9.25. The van der Waals surface area contributed by atoms with Gasteiger partial charge in [0.1, 0.15) is 0 Å². The molecule has 0 saturated carbocycles. The molecule has 3 rings (SSSR count). The summed E-state index contributed by atoms with van der Waals surface area (Å²) in [5, 5.41) is 0. The maximum Gasteiger partial charge on any atom is 0.203 e. The largest absolute Gasteiger partial charge is 0.493 e. The molecule has 0 aromatic heterocycles. The molecule has 0 aliphatic rings. The molecule has 3 aromatic carbocycles. The van der Waals surface area contributed by atoms with E-state index in [9.17, 15) is 0 Å². The number of benzene rings is 3. The van der Waals surface area contributed by atoms with Gasteiger partial charge in [-0.1, -0.05) is 75.3 Å². The third-order valence-corrected chi connectivity index (χ3v) is 6.33. The third kappa shape index (κ3) is 8.47. The van der Waals surface area contributed by atoms with E-state index in [1.165, 1.54) is 0 Å². The fourth-order valence-electron chi connectivity index (χ4n) is 4.02. The van der Waals surface area contributed by atoms with Crippen molar-refractivity contribution in [2.45, 2.75) is 39.5 Å². The van der Waals surface area contributed by atoms with Crippen LogP contribution in [0.15, 0.2) is 48.5 Å². The predicted molar refractivity (Wildman–Crippen MR) is 164 cm³/mol. The minimum Gasteiger partial charge on any atom is -0.493 e. The van der Waals surface area contributed by atoms with E-state index in [4.69, 9.17) is 28.4 Å². The van der Waals surface area contributed by atoms with E-state index in [0.717, 1.165) is 47.9 Å². The van der Waals surface area contributed by atoms with Gasteiger partial charge in [0.15, 0.2) is 23.0 Å². The number of hydrogen-bond donors (Lipinski definition) is 0. The maximum atomic E-state index is 5.93. The first-order valence-electron chi connectivity index (χ1n) is 13.8. The van der Waals surface area contributed by atoms with Crippen LogP contribution < -0.4 is 28.4 Å². The number of methoxy groups -OCH3 is 4. The lowest BCUT2D eigenvalue weighted by Crippen LogP contribution is -2.01. The van der Waals surface area contributed by atoms with E-state index >= 15 is 0 Å². The third-order valence-electron chi connectivity index (χ3n) is 6.33. The summed E-state index contributed by atoms with van der Waals surface area (Å²) in [6.45, 7) is 5.51. The van der Waals surface area contributed by atoms with Crippen molar-refractivity contribution in [3.8, 4) is 34.5 Å². The van der Waals surface area contributed by atoms with E-state index in [1.807, 2.05) is 36.4 Å². The number of unbranched alkanes of at least 4 members (excludes halogenated alkanes) is 2. The molecule has 3 aromatic rings. The van der Waals surface area contributed by atoms with Gasteiger partial charge >= 0.3 is 0 Å². The van der Waals surface area contributed by atoms with Gasteiger partial charge in [-0.3, -0.25) is 0 Å². The first-order valence-corrected chi connectivity index (χ1v) is 13.8. The predicted octanol–water partition coefficient (Wildman–Crippen LogP) is 8.42. The Morgan fingerprint density at radius 2 is 0.775 bits per heavy atom. The summed E-state index contributed by atoms with van der Waals surface area (Å²) in [4.78, 5) is 0. The van der Waals surface area contributed by atoms with Crippen LogP contribution in [0.25, 0.3) is 24.3 Å². The van der Waals surface area contributed by atoms with E-state index < -0.39 is 0 Å². The van der Waals surface area contributed by atoms with Gasteiger partial charge in [-0.25, -0.2) is 0 Å². The van der Waals surface area contributed by atoms with Crippen LogP contribution in [-0.4, -0.2) is 41.7 Å². The van der Waals surface area contributed by atoms with Crippen molar-refractivity contribution in [1.29, 1.82) is 0 Å². The summed E-state index contributed by atoms with van der Waals surface area (Å²) >= 11 is 0. The molecular formula is C34H42O6. The molecule has 0 spiro atoms. The summed E-state index contributed by atoms with van der Waals surface area (Å²) in [6.07, 6.45) is 12.3. The zero-order valence-corrected chi connectivity index (χ0v) is 24.6. The van der Waals surface area contributed by atoms with Crippen LogP contribution in [0, 0.1) is 0 Å². The van der Waals surface area contributed by atoms with Crippen LogP contribution in [0.3, 0.4) is 0 Å². The Labute approximate surface area is 239 Å². The van der Waals surface area contributed by atoms with Crippen LogP contribution in [0.2, 0.25) is 0 Å². The monoisotopic (exact) mass is 546 g/mol. The van der Waals surface area contributed by atoms with Crippen molar-refractivity contribution < 1.29 is 28.4 Å². The number of hydrogen-bond acceptors (Lipinski definition) is 6. The lowest BCUT2D eigenvalue weighted by Gasteiger charge is -2.15. The number of ether oxygens (including phenoxy) is 6. The minimum atomic E-state index is 0.624. The molecule has 214 valence electrons. The maximum absolute atomic E-state index is 5.93. The van der Waals surface area contributed by atoms with Gasteiger partial charge < -0.3 is 28.4 Å². The number of rotatable bonds is 16. The van der Waals surface area contributed by atoms with Crippen molar-refractivity contribution in [3.63, 3.8) is 0 Å². The Bertz CT molecular complexity index is 1110. The zero-order valence-electron chi connectivity index (χ0n) is 24.6. The van der Waals surface area contributed by atoms with Gasteiger partial charge in [0.05, 0.1) is 41.7 Å². The van der Waals surface area contributed by atoms with Crippen LogP contribution in [0.5, 0.6) is 34.5 Å². The lowest BCUT2D eigenvalue weighted by molar-refractivity contribution is 0.270. The van der Waals surface area contributed by atoms with E-state index in [1.54, 1.807) is 28.4 Å².